The van der Waals surface area contributed by atoms with Gasteiger partial charge in [-0.1, -0.05) is 44.2 Å². The molecular weight excluding hydrogens is 554 g/mol. The molecule has 11 heteroatoms. The molecule has 0 aromatic rings. The highest BCUT2D eigenvalue weighted by Crippen LogP contribution is 2.29. The average molecular weight is 600 g/mol. The molecule has 0 radical (unpaired) electrons. The van der Waals surface area contributed by atoms with E-state index in [2.05, 4.69) is 17.2 Å². The summed E-state index contributed by atoms with van der Waals surface area (Å²) < 4.78 is 22.8. The fraction of sp³-hybridized carbons (Fsp3) is 0.500. The molecule has 2 bridgehead atoms. The Morgan fingerprint density at radius 1 is 1.14 bits per heavy atom. The van der Waals surface area contributed by atoms with E-state index in [0.29, 0.717) is 12.0 Å². The summed E-state index contributed by atoms with van der Waals surface area (Å²) in [6, 6.07) is 0. The second kappa shape index (κ2) is 16.7. The van der Waals surface area contributed by atoms with Crippen LogP contribution in [0.1, 0.15) is 40.5 Å². The minimum atomic E-state index is -0.966. The van der Waals surface area contributed by atoms with Crippen molar-refractivity contribution in [3.05, 3.63) is 71.1 Å². The fourth-order valence-electron chi connectivity index (χ4n) is 5.30. The van der Waals surface area contributed by atoms with Gasteiger partial charge in [-0.2, -0.15) is 0 Å². The highest BCUT2D eigenvalue weighted by molar-refractivity contribution is 6.23. The van der Waals surface area contributed by atoms with Gasteiger partial charge in [-0.15, -0.1) is 6.58 Å². The Kier molecular flexibility index (Phi) is 13.8. The molecule has 0 aromatic heterocycles. The number of methoxy groups -OCH3 is 3. The lowest BCUT2D eigenvalue weighted by molar-refractivity contribution is -0.120. The number of fused-ring (bicyclic) bond motifs is 2. The Hall–Kier alpha value is -3.80. The zero-order valence-corrected chi connectivity index (χ0v) is 26.1. The second-order valence-electron chi connectivity index (χ2n) is 10.8. The zero-order chi connectivity index (χ0) is 32.3. The third-order valence-corrected chi connectivity index (χ3v) is 7.45. The van der Waals surface area contributed by atoms with Gasteiger partial charge < -0.3 is 35.3 Å². The number of carbonyl (C=O) groups is 4. The molecule has 236 valence electrons. The largest absolute Gasteiger partial charge is 0.439 e. The van der Waals surface area contributed by atoms with Crippen molar-refractivity contribution in [1.82, 2.24) is 10.6 Å². The van der Waals surface area contributed by atoms with Crippen LogP contribution >= 0.6 is 0 Å². The van der Waals surface area contributed by atoms with E-state index in [4.69, 9.17) is 24.7 Å². The summed E-state index contributed by atoms with van der Waals surface area (Å²) in [6.07, 6.45) is 6.75. The van der Waals surface area contributed by atoms with Gasteiger partial charge in [0.1, 0.15) is 6.10 Å². The highest BCUT2D eigenvalue weighted by atomic mass is 16.6. The van der Waals surface area contributed by atoms with Gasteiger partial charge in [-0.05, 0) is 38.2 Å². The number of ketones is 2. The molecule has 6 atom stereocenters. The second-order valence-corrected chi connectivity index (χ2v) is 10.8. The molecule has 1 aliphatic heterocycles. The molecule has 0 fully saturated rings. The van der Waals surface area contributed by atoms with Gasteiger partial charge in [-0.25, -0.2) is 4.79 Å². The van der Waals surface area contributed by atoms with Crippen molar-refractivity contribution in [2.45, 2.75) is 65.0 Å². The van der Waals surface area contributed by atoms with Crippen LogP contribution in [-0.2, 0) is 33.3 Å². The van der Waals surface area contributed by atoms with E-state index in [0.717, 1.165) is 6.08 Å². The number of nitrogens with two attached hydrogens (primary N) is 1. The summed E-state index contributed by atoms with van der Waals surface area (Å²) in [5.74, 6) is -1.75. The highest BCUT2D eigenvalue weighted by Gasteiger charge is 2.34. The summed E-state index contributed by atoms with van der Waals surface area (Å²) in [5, 5.41) is 5.59. The van der Waals surface area contributed by atoms with E-state index < -0.39 is 48.0 Å². The predicted octanol–water partition coefficient (Wildman–Crippen LogP) is 3.19. The summed E-state index contributed by atoms with van der Waals surface area (Å²) in [7, 11) is 4.64. The molecule has 2 aliphatic rings. The van der Waals surface area contributed by atoms with E-state index in [1.807, 2.05) is 19.9 Å². The normalized spacial score (nSPS) is 31.1. The Labute approximate surface area is 253 Å². The van der Waals surface area contributed by atoms with Gasteiger partial charge in [0, 0.05) is 51.0 Å². The van der Waals surface area contributed by atoms with Crippen LogP contribution in [0.3, 0.4) is 0 Å². The lowest BCUT2D eigenvalue weighted by atomic mass is 9.85. The molecule has 0 saturated carbocycles. The number of allylic oxidation sites excluding steroid dienone is 4. The van der Waals surface area contributed by atoms with Crippen molar-refractivity contribution in [1.29, 1.82) is 0 Å². The van der Waals surface area contributed by atoms with Crippen LogP contribution < -0.4 is 16.4 Å². The van der Waals surface area contributed by atoms with Crippen molar-refractivity contribution in [2.24, 2.45) is 17.6 Å². The number of ether oxygens (including phenoxy) is 4. The minimum absolute atomic E-state index is 0.104. The van der Waals surface area contributed by atoms with Crippen molar-refractivity contribution in [3.8, 4) is 0 Å². The number of nitrogens with one attached hydrogen (secondary N) is 2. The van der Waals surface area contributed by atoms with Gasteiger partial charge in [0.2, 0.25) is 11.6 Å². The Bertz CT molecular complexity index is 1230. The number of amides is 2. The zero-order valence-electron chi connectivity index (χ0n) is 26.1. The maximum Gasteiger partial charge on any atom is 0.405 e. The number of carbonyl (C=O) groups excluding carboxylic acids is 4. The van der Waals surface area contributed by atoms with Crippen molar-refractivity contribution < 1.29 is 38.1 Å². The molecule has 43 heavy (non-hydrogen) atoms. The van der Waals surface area contributed by atoms with Crippen LogP contribution in [0, 0.1) is 11.8 Å². The smallest absolute Gasteiger partial charge is 0.405 e. The number of primary amides is 1. The molecule has 1 aliphatic carbocycles. The van der Waals surface area contributed by atoms with Crippen LogP contribution in [0.2, 0.25) is 0 Å². The topological polar surface area (TPSA) is 155 Å². The third-order valence-electron chi connectivity index (χ3n) is 7.45. The van der Waals surface area contributed by atoms with E-state index in [1.165, 1.54) is 13.2 Å². The SMILES string of the molecule is C=CCNC1=C2C[C@@H](C)C[C@H](OC)[C@H](OC)[C@@H](C)/C=C(\C)[C@H](OC(N)=O)C(OC)/C=C\C=C(/C)C(=O)NC(=CC1=O)C2=O. The third kappa shape index (κ3) is 9.60. The summed E-state index contributed by atoms with van der Waals surface area (Å²) in [5.41, 5.74) is 6.69. The van der Waals surface area contributed by atoms with Crippen LogP contribution in [0.4, 0.5) is 4.79 Å². The van der Waals surface area contributed by atoms with Crippen LogP contribution in [0.5, 0.6) is 0 Å². The summed E-state index contributed by atoms with van der Waals surface area (Å²) in [4.78, 5) is 51.5. The van der Waals surface area contributed by atoms with Gasteiger partial charge in [0.25, 0.3) is 5.91 Å². The van der Waals surface area contributed by atoms with Gasteiger partial charge in [0.05, 0.1) is 23.6 Å². The number of hydrogen-bond donors (Lipinski definition) is 3. The molecule has 1 unspecified atom stereocenters. The Balaban J connectivity index is 2.66. The predicted molar refractivity (Wildman–Crippen MR) is 163 cm³/mol. The van der Waals surface area contributed by atoms with Crippen molar-refractivity contribution >= 4 is 23.6 Å². The van der Waals surface area contributed by atoms with Gasteiger partial charge >= 0.3 is 6.09 Å². The first-order chi connectivity index (χ1) is 20.4. The first-order valence-corrected chi connectivity index (χ1v) is 14.2. The van der Waals surface area contributed by atoms with E-state index in [-0.39, 0.29) is 47.3 Å². The van der Waals surface area contributed by atoms with Gasteiger partial charge in [-0.3, -0.25) is 14.4 Å². The maximum absolute atomic E-state index is 13.6. The standard InChI is InChI=1S/C32H45N3O8/c1-9-13-34-27-22-14-18(2)15-26(41-7)29(42-8)20(4)16-21(5)30(43-32(33)39)25(40-6)12-10-11-19(3)31(38)35-23(28(22)37)17-24(27)36/h9-12,16-18,20,25-26,29-30,34H,1,13-15H2,2-8H3,(H2,33,39)(H,35,38)/b12-10-,19-11+,21-16+/t18-,20+,25?,26+,29-,30+/m1/s1. The molecule has 11 nitrogen and oxygen atoms in total. The number of hydrogen-bond acceptors (Lipinski definition) is 9. The fourth-order valence-corrected chi connectivity index (χ4v) is 5.30. The Morgan fingerprint density at radius 3 is 2.42 bits per heavy atom. The average Bonchev–Trinajstić information content (AvgIpc) is 2.95. The first kappa shape index (κ1) is 35.4. The van der Waals surface area contributed by atoms with Crippen LogP contribution in [0.25, 0.3) is 0 Å². The van der Waals surface area contributed by atoms with Crippen molar-refractivity contribution in [3.63, 3.8) is 0 Å². The first-order valence-electron chi connectivity index (χ1n) is 14.2. The van der Waals surface area contributed by atoms with E-state index >= 15 is 0 Å². The van der Waals surface area contributed by atoms with E-state index in [1.54, 1.807) is 46.3 Å². The van der Waals surface area contributed by atoms with Crippen LogP contribution in [0.15, 0.2) is 71.1 Å². The molecule has 1 heterocycles. The quantitative estimate of drug-likeness (QED) is 0.296. The molecule has 0 aromatic carbocycles. The maximum atomic E-state index is 13.6. The Morgan fingerprint density at radius 2 is 1.84 bits per heavy atom. The lowest BCUT2D eigenvalue weighted by Crippen LogP contribution is -2.38. The van der Waals surface area contributed by atoms with Crippen LogP contribution in [-0.4, -0.2) is 75.9 Å². The molecule has 0 spiro atoms. The monoisotopic (exact) mass is 599 g/mol. The summed E-state index contributed by atoms with van der Waals surface area (Å²) >= 11 is 0. The molecule has 2 amide bonds. The summed E-state index contributed by atoms with van der Waals surface area (Å²) in [6.45, 7) is 11.3. The molecular formula is C32H45N3O8. The number of rotatable bonds is 7. The molecule has 0 saturated heterocycles. The van der Waals surface area contributed by atoms with Gasteiger partial charge in [0.15, 0.2) is 6.10 Å². The number of Topliss-reactive ketones (excluding diaryl/α,β-unsaturated/α-hetero) is 1. The molecule has 2 rings (SSSR count). The van der Waals surface area contributed by atoms with Crippen molar-refractivity contribution in [2.75, 3.05) is 27.9 Å². The lowest BCUT2D eigenvalue weighted by Gasteiger charge is -2.32. The molecule has 4 N–H and O–H groups in total. The van der Waals surface area contributed by atoms with E-state index in [9.17, 15) is 19.2 Å². The minimum Gasteiger partial charge on any atom is -0.439 e.